The van der Waals surface area contributed by atoms with Gasteiger partial charge in [0.25, 0.3) is 0 Å². The predicted molar refractivity (Wildman–Crippen MR) is 70.1 cm³/mol. The molecular weight excluding hydrogens is 228 g/mol. The number of carbonyl (C=O) groups excluding carboxylic acids is 2. The van der Waals surface area contributed by atoms with Crippen molar-refractivity contribution in [3.63, 3.8) is 0 Å². The summed E-state index contributed by atoms with van der Waals surface area (Å²) in [6.07, 6.45) is 0.967. The number of hydrogen-bond acceptors (Lipinski definition) is 3. The Bertz CT molecular complexity index is 397. The molecular formula is C15H20O3. The summed E-state index contributed by atoms with van der Waals surface area (Å²) in [6.45, 7) is 3.62. The monoisotopic (exact) mass is 248 g/mol. The Morgan fingerprint density at radius 1 is 1.11 bits per heavy atom. The van der Waals surface area contributed by atoms with Crippen molar-refractivity contribution in [3.8, 4) is 0 Å². The van der Waals surface area contributed by atoms with Gasteiger partial charge in [-0.2, -0.15) is 0 Å². The van der Waals surface area contributed by atoms with Crippen LogP contribution in [0.15, 0.2) is 30.3 Å². The van der Waals surface area contributed by atoms with E-state index in [-0.39, 0.29) is 30.0 Å². The van der Waals surface area contributed by atoms with Crippen molar-refractivity contribution < 1.29 is 14.3 Å². The highest BCUT2D eigenvalue weighted by atomic mass is 16.5. The number of rotatable bonds is 6. The molecule has 0 radical (unpaired) electrons. The third-order valence-corrected chi connectivity index (χ3v) is 3.05. The molecule has 98 valence electrons. The fraction of sp³-hybridized carbons (Fsp3) is 0.467. The molecule has 0 aliphatic carbocycles. The van der Waals surface area contributed by atoms with Gasteiger partial charge < -0.3 is 4.74 Å². The lowest BCUT2D eigenvalue weighted by atomic mass is 9.91. The lowest BCUT2D eigenvalue weighted by Gasteiger charge is -2.13. The second kappa shape index (κ2) is 6.94. The molecule has 0 saturated heterocycles. The molecule has 1 rings (SSSR count). The van der Waals surface area contributed by atoms with Crippen molar-refractivity contribution >= 4 is 11.8 Å². The van der Waals surface area contributed by atoms with Crippen LogP contribution in [0.2, 0.25) is 0 Å². The van der Waals surface area contributed by atoms with Crippen molar-refractivity contribution in [3.05, 3.63) is 35.9 Å². The molecule has 3 nitrogen and oxygen atoms in total. The largest absolute Gasteiger partial charge is 0.469 e. The quantitative estimate of drug-likeness (QED) is 0.727. The Hall–Kier alpha value is -1.64. The van der Waals surface area contributed by atoms with Crippen LogP contribution in [-0.2, 0) is 20.7 Å². The van der Waals surface area contributed by atoms with E-state index >= 15 is 0 Å². The summed E-state index contributed by atoms with van der Waals surface area (Å²) < 4.78 is 4.62. The van der Waals surface area contributed by atoms with Gasteiger partial charge in [-0.05, 0) is 12.0 Å². The Labute approximate surface area is 108 Å². The molecule has 0 saturated carbocycles. The SMILES string of the molecule is COC(=O)C(C)CC(=O)C(C)Cc1ccccc1. The summed E-state index contributed by atoms with van der Waals surface area (Å²) in [7, 11) is 1.34. The maximum Gasteiger partial charge on any atom is 0.308 e. The van der Waals surface area contributed by atoms with Crippen molar-refractivity contribution in [1.29, 1.82) is 0 Å². The molecule has 0 amide bonds. The Balaban J connectivity index is 2.49. The molecule has 0 spiro atoms. The molecule has 0 heterocycles. The Morgan fingerprint density at radius 3 is 2.28 bits per heavy atom. The lowest BCUT2D eigenvalue weighted by molar-refractivity contribution is -0.146. The van der Waals surface area contributed by atoms with Crippen LogP contribution in [0.4, 0.5) is 0 Å². The number of ketones is 1. The fourth-order valence-corrected chi connectivity index (χ4v) is 1.87. The van der Waals surface area contributed by atoms with Crippen LogP contribution in [-0.4, -0.2) is 18.9 Å². The fourth-order valence-electron chi connectivity index (χ4n) is 1.87. The van der Waals surface area contributed by atoms with E-state index in [1.807, 2.05) is 37.3 Å². The van der Waals surface area contributed by atoms with Gasteiger partial charge in [0.1, 0.15) is 5.78 Å². The first kappa shape index (κ1) is 14.4. The molecule has 0 aliphatic rings. The number of ether oxygens (including phenoxy) is 1. The normalized spacial score (nSPS) is 13.7. The molecule has 2 unspecified atom stereocenters. The van der Waals surface area contributed by atoms with Gasteiger partial charge in [0.05, 0.1) is 13.0 Å². The second-order valence-electron chi connectivity index (χ2n) is 4.69. The molecule has 0 aromatic heterocycles. The molecule has 18 heavy (non-hydrogen) atoms. The number of benzene rings is 1. The molecule has 1 aromatic rings. The standard InChI is InChI=1S/C15H20O3/c1-11(9-13-7-5-4-6-8-13)14(16)10-12(2)15(17)18-3/h4-8,11-12H,9-10H2,1-3H3. The zero-order chi connectivity index (χ0) is 13.5. The third-order valence-electron chi connectivity index (χ3n) is 3.05. The second-order valence-corrected chi connectivity index (χ2v) is 4.69. The van der Waals surface area contributed by atoms with E-state index in [1.165, 1.54) is 7.11 Å². The first-order chi connectivity index (χ1) is 8.54. The van der Waals surface area contributed by atoms with Crippen LogP contribution < -0.4 is 0 Å². The molecule has 3 heteroatoms. The van der Waals surface area contributed by atoms with Gasteiger partial charge in [-0.1, -0.05) is 44.2 Å². The summed E-state index contributed by atoms with van der Waals surface area (Å²) in [5.74, 6) is -0.646. The molecule has 2 atom stereocenters. The van der Waals surface area contributed by atoms with Crippen molar-refractivity contribution in [1.82, 2.24) is 0 Å². The van der Waals surface area contributed by atoms with Gasteiger partial charge >= 0.3 is 5.97 Å². The van der Waals surface area contributed by atoms with E-state index in [9.17, 15) is 9.59 Å². The maximum absolute atomic E-state index is 12.0. The lowest BCUT2D eigenvalue weighted by Crippen LogP contribution is -2.21. The first-order valence-corrected chi connectivity index (χ1v) is 6.19. The average molecular weight is 248 g/mol. The van der Waals surface area contributed by atoms with Crippen molar-refractivity contribution in [2.75, 3.05) is 7.11 Å². The van der Waals surface area contributed by atoms with Crippen molar-refractivity contribution in [2.45, 2.75) is 26.7 Å². The third kappa shape index (κ3) is 4.32. The minimum Gasteiger partial charge on any atom is -0.469 e. The molecule has 0 N–H and O–H groups in total. The van der Waals surface area contributed by atoms with Gasteiger partial charge in [0, 0.05) is 12.3 Å². The highest BCUT2D eigenvalue weighted by molar-refractivity contribution is 5.85. The summed E-state index contributed by atoms with van der Waals surface area (Å²) in [5.41, 5.74) is 1.14. The summed E-state index contributed by atoms with van der Waals surface area (Å²) in [5, 5.41) is 0. The van der Waals surface area contributed by atoms with Gasteiger partial charge in [0.15, 0.2) is 0 Å². The molecule has 0 bridgehead atoms. The Kier molecular flexibility index (Phi) is 5.56. The number of hydrogen-bond donors (Lipinski definition) is 0. The highest BCUT2D eigenvalue weighted by Crippen LogP contribution is 2.14. The topological polar surface area (TPSA) is 43.4 Å². The zero-order valence-electron chi connectivity index (χ0n) is 11.2. The van der Waals surface area contributed by atoms with Crippen LogP contribution >= 0.6 is 0 Å². The number of carbonyl (C=O) groups is 2. The number of Topliss-reactive ketones (excluding diaryl/α,β-unsaturated/α-hetero) is 1. The van der Waals surface area contributed by atoms with Gasteiger partial charge in [0.2, 0.25) is 0 Å². The minimum atomic E-state index is -0.360. The molecule has 0 aliphatic heterocycles. The predicted octanol–water partition coefficient (Wildman–Crippen LogP) is 2.63. The highest BCUT2D eigenvalue weighted by Gasteiger charge is 2.21. The van der Waals surface area contributed by atoms with Crippen LogP contribution in [0.25, 0.3) is 0 Å². The van der Waals surface area contributed by atoms with Crippen LogP contribution in [0, 0.1) is 11.8 Å². The smallest absolute Gasteiger partial charge is 0.308 e. The average Bonchev–Trinajstić information content (AvgIpc) is 2.38. The summed E-state index contributed by atoms with van der Waals surface area (Å²) >= 11 is 0. The number of esters is 1. The van der Waals surface area contributed by atoms with Crippen molar-refractivity contribution in [2.24, 2.45) is 11.8 Å². The molecule has 0 fully saturated rings. The van der Waals surface area contributed by atoms with Gasteiger partial charge in [-0.15, -0.1) is 0 Å². The summed E-state index contributed by atoms with van der Waals surface area (Å²) in [4.78, 5) is 23.2. The van der Waals surface area contributed by atoms with E-state index in [2.05, 4.69) is 4.74 Å². The first-order valence-electron chi connectivity index (χ1n) is 6.19. The Morgan fingerprint density at radius 2 is 1.72 bits per heavy atom. The van der Waals surface area contributed by atoms with Gasteiger partial charge in [-0.3, -0.25) is 9.59 Å². The zero-order valence-corrected chi connectivity index (χ0v) is 11.2. The van der Waals surface area contributed by atoms with Crippen LogP contribution in [0.3, 0.4) is 0 Å². The number of methoxy groups -OCH3 is 1. The summed E-state index contributed by atoms with van der Waals surface area (Å²) in [6, 6.07) is 9.89. The van der Waals surface area contributed by atoms with Crippen LogP contribution in [0.1, 0.15) is 25.8 Å². The molecule has 1 aromatic carbocycles. The van der Waals surface area contributed by atoms with E-state index in [4.69, 9.17) is 0 Å². The van der Waals surface area contributed by atoms with E-state index < -0.39 is 0 Å². The van der Waals surface area contributed by atoms with E-state index in [0.717, 1.165) is 5.56 Å². The minimum absolute atomic E-state index is 0.0699. The van der Waals surface area contributed by atoms with E-state index in [1.54, 1.807) is 6.92 Å². The maximum atomic E-state index is 12.0. The van der Waals surface area contributed by atoms with E-state index in [0.29, 0.717) is 6.42 Å². The van der Waals surface area contributed by atoms with Gasteiger partial charge in [-0.25, -0.2) is 0 Å². The van der Waals surface area contributed by atoms with Crippen LogP contribution in [0.5, 0.6) is 0 Å².